The molecule has 5 nitrogen and oxygen atoms in total. The van der Waals surface area contributed by atoms with Crippen LogP contribution in [-0.4, -0.2) is 14.5 Å². The summed E-state index contributed by atoms with van der Waals surface area (Å²) >= 11 is 0. The third-order valence-electron chi connectivity index (χ3n) is 10.8. The monoisotopic (exact) mass is 677 g/mol. The van der Waals surface area contributed by atoms with E-state index in [4.69, 9.17) is 18.8 Å². The first-order valence-electron chi connectivity index (χ1n) is 17.8. The fourth-order valence-corrected chi connectivity index (χ4v) is 8.32. The summed E-state index contributed by atoms with van der Waals surface area (Å²) < 4.78 is 15.4. The quantitative estimate of drug-likeness (QED) is 0.187. The van der Waals surface area contributed by atoms with Gasteiger partial charge in [0.1, 0.15) is 28.0 Å². The fraction of sp³-hybridized carbons (Fsp3) is 0. The van der Waals surface area contributed by atoms with Crippen LogP contribution < -0.4 is 0 Å². The smallest absolute Gasteiger partial charge is 0.180 e. The SMILES string of the molecule is c1ccc2cc(-c3nc(-c4cccc5oc6ccc(-n7c8ccccc8c8cc9ccccc9cc87)cc6c45)nc4c3oc3ccccc34)ccc2c1. The molecule has 246 valence electrons. The van der Waals surface area contributed by atoms with E-state index in [1.165, 1.54) is 26.9 Å². The van der Waals surface area contributed by atoms with Crippen LogP contribution >= 0.6 is 0 Å². The van der Waals surface area contributed by atoms with Crippen molar-refractivity contribution in [3.8, 4) is 28.3 Å². The van der Waals surface area contributed by atoms with Gasteiger partial charge in [0, 0.05) is 43.7 Å². The highest BCUT2D eigenvalue weighted by molar-refractivity contribution is 6.16. The van der Waals surface area contributed by atoms with Crippen molar-refractivity contribution in [1.29, 1.82) is 0 Å². The standard InChI is InChI=1S/C48H27N3O2/c1-2-11-29-24-32(21-20-28(29)10-1)45-47-46(35-15-6-8-18-41(35)53-47)50-48(49-45)36-16-9-19-43-44(36)38-27-33(22-23-42(38)52-43)51-39-17-7-5-14-34(39)37-25-30-12-3-4-13-31(30)26-40(37)51/h1-27H. The van der Waals surface area contributed by atoms with Gasteiger partial charge in [0.15, 0.2) is 11.4 Å². The van der Waals surface area contributed by atoms with Gasteiger partial charge in [-0.2, -0.15) is 0 Å². The van der Waals surface area contributed by atoms with E-state index in [1.54, 1.807) is 0 Å². The van der Waals surface area contributed by atoms with Crippen molar-refractivity contribution >= 4 is 87.4 Å². The number of rotatable bonds is 3. The number of fused-ring (bicyclic) bond motifs is 11. The van der Waals surface area contributed by atoms with Gasteiger partial charge in [-0.15, -0.1) is 0 Å². The lowest BCUT2D eigenvalue weighted by Crippen LogP contribution is -1.95. The van der Waals surface area contributed by atoms with E-state index < -0.39 is 0 Å². The average molecular weight is 678 g/mol. The van der Waals surface area contributed by atoms with Crippen molar-refractivity contribution in [2.45, 2.75) is 0 Å². The number of nitrogens with zero attached hydrogens (tertiary/aromatic N) is 3. The Morgan fingerprint density at radius 3 is 2.04 bits per heavy atom. The molecule has 0 saturated heterocycles. The zero-order valence-electron chi connectivity index (χ0n) is 28.2. The second-order valence-corrected chi connectivity index (χ2v) is 13.8. The molecular weight excluding hydrogens is 651 g/mol. The Morgan fingerprint density at radius 1 is 0.434 bits per heavy atom. The van der Waals surface area contributed by atoms with Gasteiger partial charge in [-0.3, -0.25) is 0 Å². The Kier molecular flexibility index (Phi) is 5.71. The lowest BCUT2D eigenvalue weighted by molar-refractivity contribution is 0.667. The van der Waals surface area contributed by atoms with Crippen LogP contribution in [0.5, 0.6) is 0 Å². The molecule has 12 rings (SSSR count). The largest absolute Gasteiger partial charge is 0.456 e. The first kappa shape index (κ1) is 28.5. The van der Waals surface area contributed by atoms with Crippen molar-refractivity contribution in [2.75, 3.05) is 0 Å². The van der Waals surface area contributed by atoms with E-state index in [0.29, 0.717) is 11.4 Å². The average Bonchev–Trinajstić information content (AvgIpc) is 3.88. The number of hydrogen-bond acceptors (Lipinski definition) is 4. The van der Waals surface area contributed by atoms with Crippen LogP contribution in [-0.2, 0) is 0 Å². The third kappa shape index (κ3) is 4.13. The second-order valence-electron chi connectivity index (χ2n) is 13.8. The molecule has 12 aromatic rings. The number of para-hydroxylation sites is 2. The number of furan rings is 2. The lowest BCUT2D eigenvalue weighted by atomic mass is 10.0. The normalized spacial score (nSPS) is 12.2. The van der Waals surface area contributed by atoms with Crippen LogP contribution in [0.2, 0.25) is 0 Å². The van der Waals surface area contributed by atoms with Crippen molar-refractivity contribution < 1.29 is 8.83 Å². The number of aromatic nitrogens is 3. The Bertz CT molecular complexity index is 3480. The number of hydrogen-bond donors (Lipinski definition) is 0. The minimum Gasteiger partial charge on any atom is -0.456 e. The maximum Gasteiger partial charge on any atom is 0.180 e. The molecule has 0 aliphatic rings. The summed E-state index contributed by atoms with van der Waals surface area (Å²) in [5.74, 6) is 0.620. The topological polar surface area (TPSA) is 57.0 Å². The molecule has 0 fully saturated rings. The lowest BCUT2D eigenvalue weighted by Gasteiger charge is -2.10. The van der Waals surface area contributed by atoms with Gasteiger partial charge in [0.2, 0.25) is 0 Å². The first-order chi connectivity index (χ1) is 26.2. The van der Waals surface area contributed by atoms with Crippen molar-refractivity contribution in [2.24, 2.45) is 0 Å². The van der Waals surface area contributed by atoms with E-state index in [0.717, 1.165) is 77.4 Å². The molecule has 53 heavy (non-hydrogen) atoms. The Labute approximate surface area is 302 Å². The van der Waals surface area contributed by atoms with E-state index in [-0.39, 0.29) is 0 Å². The van der Waals surface area contributed by atoms with Crippen LogP contribution in [0, 0.1) is 0 Å². The molecule has 0 unspecified atom stereocenters. The van der Waals surface area contributed by atoms with Crippen LogP contribution in [0.15, 0.2) is 173 Å². The van der Waals surface area contributed by atoms with Crippen LogP contribution in [0.25, 0.3) is 116 Å². The van der Waals surface area contributed by atoms with Gasteiger partial charge in [-0.25, -0.2) is 9.97 Å². The summed E-state index contributed by atoms with van der Waals surface area (Å²) in [7, 11) is 0. The highest BCUT2D eigenvalue weighted by atomic mass is 16.3. The Morgan fingerprint density at radius 2 is 1.15 bits per heavy atom. The van der Waals surface area contributed by atoms with E-state index in [2.05, 4.69) is 138 Å². The molecule has 0 amide bonds. The van der Waals surface area contributed by atoms with Crippen LogP contribution in [0.1, 0.15) is 0 Å². The Balaban J connectivity index is 1.13. The molecule has 0 N–H and O–H groups in total. The van der Waals surface area contributed by atoms with Crippen LogP contribution in [0.4, 0.5) is 0 Å². The highest BCUT2D eigenvalue weighted by Crippen LogP contribution is 2.42. The molecule has 4 aromatic heterocycles. The van der Waals surface area contributed by atoms with Gasteiger partial charge in [-0.05, 0) is 82.2 Å². The predicted molar refractivity (Wildman–Crippen MR) is 217 cm³/mol. The highest BCUT2D eigenvalue weighted by Gasteiger charge is 2.22. The van der Waals surface area contributed by atoms with E-state index in [1.807, 2.05) is 30.3 Å². The number of benzene rings is 8. The summed E-state index contributed by atoms with van der Waals surface area (Å²) in [5.41, 5.74) is 9.87. The van der Waals surface area contributed by atoms with Crippen LogP contribution in [0.3, 0.4) is 0 Å². The van der Waals surface area contributed by atoms with Crippen molar-refractivity contribution in [1.82, 2.24) is 14.5 Å². The van der Waals surface area contributed by atoms with Crippen molar-refractivity contribution in [3.63, 3.8) is 0 Å². The van der Waals surface area contributed by atoms with Gasteiger partial charge in [0.05, 0.1) is 11.0 Å². The molecule has 0 bridgehead atoms. The molecule has 0 radical (unpaired) electrons. The summed E-state index contributed by atoms with van der Waals surface area (Å²) in [4.78, 5) is 10.6. The first-order valence-corrected chi connectivity index (χ1v) is 17.8. The third-order valence-corrected chi connectivity index (χ3v) is 10.8. The second kappa shape index (κ2) is 10.6. The van der Waals surface area contributed by atoms with Gasteiger partial charge >= 0.3 is 0 Å². The van der Waals surface area contributed by atoms with Gasteiger partial charge in [0.25, 0.3) is 0 Å². The summed E-state index contributed by atoms with van der Waals surface area (Å²) in [6.07, 6.45) is 0. The molecule has 8 aromatic carbocycles. The van der Waals surface area contributed by atoms with Gasteiger partial charge < -0.3 is 13.4 Å². The molecule has 4 heterocycles. The molecule has 5 heteroatoms. The summed E-state index contributed by atoms with van der Waals surface area (Å²) in [6.45, 7) is 0. The van der Waals surface area contributed by atoms with E-state index >= 15 is 0 Å². The Hall–Kier alpha value is -7.24. The molecule has 0 saturated carbocycles. The summed E-state index contributed by atoms with van der Waals surface area (Å²) in [6, 6.07) is 57.4. The zero-order valence-corrected chi connectivity index (χ0v) is 28.2. The molecule has 0 atom stereocenters. The zero-order chi connectivity index (χ0) is 34.6. The van der Waals surface area contributed by atoms with E-state index in [9.17, 15) is 0 Å². The maximum atomic E-state index is 6.54. The van der Waals surface area contributed by atoms with Crippen molar-refractivity contribution in [3.05, 3.63) is 164 Å². The molecular formula is C48H27N3O2. The minimum absolute atomic E-state index is 0.620. The fourth-order valence-electron chi connectivity index (χ4n) is 8.32. The van der Waals surface area contributed by atoms with Gasteiger partial charge in [-0.1, -0.05) is 103 Å². The minimum atomic E-state index is 0.620. The maximum absolute atomic E-state index is 6.54. The summed E-state index contributed by atoms with van der Waals surface area (Å²) in [5, 5.41) is 10.2. The molecule has 0 aliphatic heterocycles. The molecule has 0 aliphatic carbocycles. The molecule has 0 spiro atoms. The predicted octanol–water partition coefficient (Wildman–Crippen LogP) is 13.0.